The number of pyridine rings is 1. The van der Waals surface area contributed by atoms with E-state index in [0.29, 0.717) is 18.4 Å². The molecule has 2 N–H and O–H groups in total. The van der Waals surface area contributed by atoms with Crippen LogP contribution in [-0.2, 0) is 4.79 Å². The van der Waals surface area contributed by atoms with Crippen molar-refractivity contribution >= 4 is 44.3 Å². The number of hydrogen-bond acceptors (Lipinski definition) is 3. The van der Waals surface area contributed by atoms with E-state index in [4.69, 9.17) is 4.98 Å². The van der Waals surface area contributed by atoms with Gasteiger partial charge in [0.2, 0.25) is 0 Å². The molecule has 2 atom stereocenters. The number of carboxylic acids is 1. The first-order valence-electron chi connectivity index (χ1n) is 11.8. The highest BCUT2D eigenvalue weighted by Gasteiger charge is 2.45. The minimum absolute atomic E-state index is 0.0375. The lowest BCUT2D eigenvalue weighted by Gasteiger charge is -2.34. The van der Waals surface area contributed by atoms with Crippen molar-refractivity contribution in [2.75, 3.05) is 0 Å². The van der Waals surface area contributed by atoms with Gasteiger partial charge in [0.1, 0.15) is 0 Å². The Labute approximate surface area is 203 Å². The van der Waals surface area contributed by atoms with Crippen LogP contribution in [0.4, 0.5) is 0 Å². The summed E-state index contributed by atoms with van der Waals surface area (Å²) in [7, 11) is 0. The molecule has 2 aliphatic rings. The molecule has 4 rings (SSSR count). The second-order valence-electron chi connectivity index (χ2n) is 9.30. The number of carbonyl (C=O) groups excluding carboxylic acids is 1. The number of carboxylic acid groups (broad SMARTS) is 1. The number of amides is 1. The number of hydrogen-bond donors (Lipinski definition) is 2. The summed E-state index contributed by atoms with van der Waals surface area (Å²) in [5.41, 5.74) is 4.28. The van der Waals surface area contributed by atoms with Crippen LogP contribution in [0.2, 0.25) is 0 Å². The van der Waals surface area contributed by atoms with Gasteiger partial charge in [0.25, 0.3) is 5.91 Å². The number of fused-ring (bicyclic) bond motifs is 3. The molecule has 0 spiro atoms. The Morgan fingerprint density at radius 1 is 1.24 bits per heavy atom. The Kier molecular flexibility index (Phi) is 7.03. The van der Waals surface area contributed by atoms with E-state index in [-0.39, 0.29) is 29.7 Å². The highest BCUT2D eigenvalue weighted by atomic mass is 79.9. The molecule has 2 fully saturated rings. The summed E-state index contributed by atoms with van der Waals surface area (Å²) in [6.45, 7) is 6.06. The first-order chi connectivity index (χ1) is 15.8. The van der Waals surface area contributed by atoms with Crippen molar-refractivity contribution in [1.29, 1.82) is 0 Å². The van der Waals surface area contributed by atoms with Gasteiger partial charge in [0.05, 0.1) is 22.7 Å². The van der Waals surface area contributed by atoms with Crippen LogP contribution in [0.5, 0.6) is 0 Å². The van der Waals surface area contributed by atoms with Gasteiger partial charge < -0.3 is 10.4 Å². The first-order valence-corrected chi connectivity index (χ1v) is 12.6. The number of carbonyl (C=O) groups is 2. The number of allylic oxidation sites excluding steroid dienone is 4. The standard InChI is InChI=1S/C27H31BrN2O3/c1-4-6-7-16(5-2)24-15(3)23(21-14-20(28)10-11-22(21)29-24)26(31)30-25-17-8-9-18(25)13-19(12-17)27(32)33/h4,6-7,10-11,14,17-19,25H,5,8-9,12-13H2,1-3H3,(H,30,31)(H,32,33)/b6-4-,16-7+. The molecule has 2 saturated carbocycles. The molecule has 1 heterocycles. The molecule has 33 heavy (non-hydrogen) atoms. The van der Waals surface area contributed by atoms with Crippen LogP contribution in [0.15, 0.2) is 40.9 Å². The lowest BCUT2D eigenvalue weighted by Crippen LogP contribution is -2.46. The van der Waals surface area contributed by atoms with E-state index in [0.717, 1.165) is 51.5 Å². The third kappa shape index (κ3) is 4.63. The molecular weight excluding hydrogens is 480 g/mol. The van der Waals surface area contributed by atoms with Gasteiger partial charge >= 0.3 is 5.97 Å². The fourth-order valence-electron chi connectivity index (χ4n) is 5.70. The third-order valence-electron chi connectivity index (χ3n) is 7.34. The summed E-state index contributed by atoms with van der Waals surface area (Å²) in [6, 6.07) is 5.90. The zero-order chi connectivity index (χ0) is 23.7. The van der Waals surface area contributed by atoms with E-state index >= 15 is 0 Å². The zero-order valence-electron chi connectivity index (χ0n) is 19.4. The minimum atomic E-state index is -0.706. The Morgan fingerprint density at radius 2 is 1.94 bits per heavy atom. The van der Waals surface area contributed by atoms with Crippen LogP contribution in [0, 0.1) is 24.7 Å². The van der Waals surface area contributed by atoms with E-state index in [9.17, 15) is 14.7 Å². The molecular formula is C27H31BrN2O3. The molecule has 0 aliphatic heterocycles. The highest BCUT2D eigenvalue weighted by Crippen LogP contribution is 2.45. The van der Waals surface area contributed by atoms with Gasteiger partial charge in [-0.2, -0.15) is 0 Å². The van der Waals surface area contributed by atoms with Crippen molar-refractivity contribution in [3.63, 3.8) is 0 Å². The van der Waals surface area contributed by atoms with E-state index in [1.807, 2.05) is 44.2 Å². The van der Waals surface area contributed by atoms with Crippen LogP contribution < -0.4 is 5.32 Å². The van der Waals surface area contributed by atoms with Crippen molar-refractivity contribution < 1.29 is 14.7 Å². The molecule has 1 aromatic heterocycles. The van der Waals surface area contributed by atoms with E-state index < -0.39 is 5.97 Å². The molecule has 2 bridgehead atoms. The number of aliphatic carboxylic acids is 1. The summed E-state index contributed by atoms with van der Waals surface area (Å²) in [5, 5.41) is 13.6. The molecule has 5 nitrogen and oxygen atoms in total. The van der Waals surface area contributed by atoms with Crippen LogP contribution in [0.1, 0.15) is 67.6 Å². The second-order valence-corrected chi connectivity index (χ2v) is 10.2. The average Bonchev–Trinajstić information content (AvgIpc) is 3.00. The lowest BCUT2D eigenvalue weighted by molar-refractivity contribution is -0.143. The Hall–Kier alpha value is -2.47. The Bertz CT molecular complexity index is 1140. The van der Waals surface area contributed by atoms with Crippen molar-refractivity contribution in [2.24, 2.45) is 17.8 Å². The normalized spacial score (nSPS) is 25.0. The quantitative estimate of drug-likeness (QED) is 0.447. The van der Waals surface area contributed by atoms with Crippen LogP contribution in [0.25, 0.3) is 16.5 Å². The molecule has 0 saturated heterocycles. The third-order valence-corrected chi connectivity index (χ3v) is 7.83. The maximum absolute atomic E-state index is 13.8. The number of nitrogens with zero attached hydrogens (tertiary/aromatic N) is 1. The average molecular weight is 511 g/mol. The number of rotatable bonds is 6. The Morgan fingerprint density at radius 3 is 2.55 bits per heavy atom. The van der Waals surface area contributed by atoms with Crippen LogP contribution in [-0.4, -0.2) is 28.0 Å². The van der Waals surface area contributed by atoms with E-state index in [1.165, 1.54) is 0 Å². The van der Waals surface area contributed by atoms with Gasteiger partial charge in [-0.15, -0.1) is 0 Å². The van der Waals surface area contributed by atoms with Crippen molar-refractivity contribution in [1.82, 2.24) is 10.3 Å². The fourth-order valence-corrected chi connectivity index (χ4v) is 6.06. The zero-order valence-corrected chi connectivity index (χ0v) is 21.0. The summed E-state index contributed by atoms with van der Waals surface area (Å²) in [4.78, 5) is 30.2. The van der Waals surface area contributed by atoms with Gasteiger partial charge in [-0.3, -0.25) is 9.59 Å². The van der Waals surface area contributed by atoms with Gasteiger partial charge in [0.15, 0.2) is 0 Å². The smallest absolute Gasteiger partial charge is 0.306 e. The predicted octanol–water partition coefficient (Wildman–Crippen LogP) is 6.29. The van der Waals surface area contributed by atoms with E-state index in [1.54, 1.807) is 0 Å². The maximum Gasteiger partial charge on any atom is 0.306 e. The number of halogens is 1. The molecule has 2 unspecified atom stereocenters. The topological polar surface area (TPSA) is 79.3 Å². The van der Waals surface area contributed by atoms with Crippen molar-refractivity contribution in [2.45, 2.75) is 58.9 Å². The van der Waals surface area contributed by atoms with Gasteiger partial charge in [-0.25, -0.2) is 4.98 Å². The largest absolute Gasteiger partial charge is 0.481 e. The number of aromatic nitrogens is 1. The predicted molar refractivity (Wildman–Crippen MR) is 135 cm³/mol. The van der Waals surface area contributed by atoms with E-state index in [2.05, 4.69) is 34.2 Å². The monoisotopic (exact) mass is 510 g/mol. The molecule has 2 aromatic rings. The summed E-state index contributed by atoms with van der Waals surface area (Å²) < 4.78 is 0.903. The van der Waals surface area contributed by atoms with Gasteiger partial charge in [-0.1, -0.05) is 41.1 Å². The summed E-state index contributed by atoms with van der Waals surface area (Å²) in [6.07, 6.45) is 10.1. The molecule has 6 heteroatoms. The first kappa shape index (κ1) is 23.7. The molecule has 2 aliphatic carbocycles. The van der Waals surface area contributed by atoms with Gasteiger partial charge in [0, 0.05) is 15.9 Å². The number of benzene rings is 1. The summed E-state index contributed by atoms with van der Waals surface area (Å²) >= 11 is 3.55. The van der Waals surface area contributed by atoms with Crippen molar-refractivity contribution in [3.8, 4) is 0 Å². The van der Waals surface area contributed by atoms with Gasteiger partial charge in [-0.05, 0) is 87.1 Å². The fraction of sp³-hybridized carbons (Fsp3) is 0.444. The van der Waals surface area contributed by atoms with Crippen LogP contribution >= 0.6 is 15.9 Å². The van der Waals surface area contributed by atoms with Crippen LogP contribution in [0.3, 0.4) is 0 Å². The molecule has 1 aromatic carbocycles. The van der Waals surface area contributed by atoms with Crippen molar-refractivity contribution in [3.05, 3.63) is 57.7 Å². The minimum Gasteiger partial charge on any atom is -0.481 e. The number of nitrogens with one attached hydrogen (secondary N) is 1. The summed E-state index contributed by atoms with van der Waals surface area (Å²) in [5.74, 6) is -0.618. The SMILES string of the molecule is C/C=C\C=C(/CC)c1nc2ccc(Br)cc2c(C(=O)NC2C3CCC2CC(C(=O)O)C3)c1C. The molecule has 0 radical (unpaired) electrons. The maximum atomic E-state index is 13.8. The highest BCUT2D eigenvalue weighted by molar-refractivity contribution is 9.10. The molecule has 1 amide bonds. The Balaban J connectivity index is 1.75. The lowest BCUT2D eigenvalue weighted by atomic mass is 9.77. The molecule has 174 valence electrons. The second kappa shape index (κ2) is 9.80.